The molecule has 0 atom stereocenters. The number of aryl methyl sites for hydroxylation is 2. The Hall–Kier alpha value is -5.92. The highest BCUT2D eigenvalue weighted by molar-refractivity contribution is 6.25. The summed E-state index contributed by atoms with van der Waals surface area (Å²) < 4.78 is 0. The highest BCUT2D eigenvalue weighted by Gasteiger charge is 2.12. The number of rotatable bonds is 6. The molecule has 8 aromatic rings. The highest BCUT2D eigenvalue weighted by Crippen LogP contribution is 2.38. The summed E-state index contributed by atoms with van der Waals surface area (Å²) in [5.74, 6) is 0. The predicted octanol–water partition coefficient (Wildman–Crippen LogP) is 13.1. The van der Waals surface area contributed by atoms with E-state index in [1.165, 1.54) is 65.7 Å². The fourth-order valence-corrected chi connectivity index (χ4v) is 6.64. The van der Waals surface area contributed by atoms with Crippen molar-refractivity contribution in [2.24, 2.45) is 0 Å². The van der Waals surface area contributed by atoms with E-state index in [2.05, 4.69) is 195 Å². The molecular formula is C46H35N. The monoisotopic (exact) mass is 601 g/mol. The first kappa shape index (κ1) is 28.5. The van der Waals surface area contributed by atoms with E-state index in [1.54, 1.807) is 0 Å². The summed E-state index contributed by atoms with van der Waals surface area (Å²) in [6.45, 7) is 4.25. The molecule has 8 rings (SSSR count). The second-order valence-corrected chi connectivity index (χ2v) is 12.4. The van der Waals surface area contributed by atoms with Gasteiger partial charge in [0.15, 0.2) is 0 Å². The average Bonchev–Trinajstić information content (AvgIpc) is 3.13. The molecule has 224 valence electrons. The van der Waals surface area contributed by atoms with Crippen LogP contribution in [0.5, 0.6) is 0 Å². The van der Waals surface area contributed by atoms with Crippen LogP contribution in [0.4, 0.5) is 17.1 Å². The maximum Gasteiger partial charge on any atom is 0.0462 e. The van der Waals surface area contributed by atoms with E-state index >= 15 is 0 Å². The largest absolute Gasteiger partial charge is 0.311 e. The molecule has 0 amide bonds. The van der Waals surface area contributed by atoms with Gasteiger partial charge in [-0.15, -0.1) is 0 Å². The number of hydrogen-bond acceptors (Lipinski definition) is 1. The van der Waals surface area contributed by atoms with Crippen LogP contribution in [-0.2, 0) is 0 Å². The number of fused-ring (bicyclic) bond motifs is 6. The predicted molar refractivity (Wildman–Crippen MR) is 204 cm³/mol. The molecule has 0 saturated carbocycles. The van der Waals surface area contributed by atoms with Crippen LogP contribution in [0, 0.1) is 13.8 Å². The number of nitrogens with zero attached hydrogens (tertiary/aromatic N) is 1. The molecule has 0 aliphatic carbocycles. The Balaban J connectivity index is 1.05. The number of anilines is 3. The summed E-state index contributed by atoms with van der Waals surface area (Å²) in [5.41, 5.74) is 10.7. The summed E-state index contributed by atoms with van der Waals surface area (Å²) in [6.07, 6.45) is 4.38. The van der Waals surface area contributed by atoms with Gasteiger partial charge in [0.2, 0.25) is 0 Å². The zero-order valence-electron chi connectivity index (χ0n) is 26.7. The van der Waals surface area contributed by atoms with E-state index in [0.717, 1.165) is 17.1 Å². The first-order chi connectivity index (χ1) is 23.1. The molecule has 0 heterocycles. The fourth-order valence-electron chi connectivity index (χ4n) is 6.64. The van der Waals surface area contributed by atoms with Crippen molar-refractivity contribution in [3.63, 3.8) is 0 Å². The average molecular weight is 602 g/mol. The zero-order chi connectivity index (χ0) is 31.7. The van der Waals surface area contributed by atoms with Gasteiger partial charge in [0.05, 0.1) is 0 Å². The molecule has 0 fully saturated rings. The molecule has 0 bridgehead atoms. The lowest BCUT2D eigenvalue weighted by Gasteiger charge is -2.25. The zero-order valence-corrected chi connectivity index (χ0v) is 26.7. The Labute approximate surface area is 276 Å². The van der Waals surface area contributed by atoms with Crippen molar-refractivity contribution >= 4 is 61.5 Å². The normalized spacial score (nSPS) is 11.5. The summed E-state index contributed by atoms with van der Waals surface area (Å²) >= 11 is 0. The lowest BCUT2D eigenvalue weighted by atomic mass is 9.92. The second kappa shape index (κ2) is 12.1. The Kier molecular flexibility index (Phi) is 7.36. The lowest BCUT2D eigenvalue weighted by Crippen LogP contribution is -2.09. The SMILES string of the molecule is Cc1ccc(N(c2ccc(C)cc2)c2ccc(C=Cc3ccc(-c4ccc5c6ccccc6c6ccccc6c5c4)cc3)cc2)cc1. The van der Waals surface area contributed by atoms with Crippen LogP contribution in [0.3, 0.4) is 0 Å². The summed E-state index contributed by atoms with van der Waals surface area (Å²) in [5, 5.41) is 7.82. The van der Waals surface area contributed by atoms with Crippen molar-refractivity contribution in [2.45, 2.75) is 13.8 Å². The topological polar surface area (TPSA) is 3.24 Å². The number of benzene rings is 8. The molecule has 1 nitrogen and oxygen atoms in total. The van der Waals surface area contributed by atoms with Crippen molar-refractivity contribution in [1.29, 1.82) is 0 Å². The van der Waals surface area contributed by atoms with Gasteiger partial charge in [-0.2, -0.15) is 0 Å². The second-order valence-electron chi connectivity index (χ2n) is 12.4. The molecule has 47 heavy (non-hydrogen) atoms. The third-order valence-corrected chi connectivity index (χ3v) is 9.19. The Morgan fingerprint density at radius 2 is 0.702 bits per heavy atom. The maximum atomic E-state index is 2.35. The van der Waals surface area contributed by atoms with Gasteiger partial charge in [-0.05, 0) is 111 Å². The Morgan fingerprint density at radius 1 is 0.340 bits per heavy atom. The van der Waals surface area contributed by atoms with Crippen molar-refractivity contribution < 1.29 is 0 Å². The van der Waals surface area contributed by atoms with Gasteiger partial charge >= 0.3 is 0 Å². The van der Waals surface area contributed by atoms with Gasteiger partial charge in [-0.1, -0.05) is 145 Å². The molecule has 8 aromatic carbocycles. The fraction of sp³-hybridized carbons (Fsp3) is 0.0435. The minimum Gasteiger partial charge on any atom is -0.311 e. The van der Waals surface area contributed by atoms with E-state index in [4.69, 9.17) is 0 Å². The molecule has 0 radical (unpaired) electrons. The molecule has 0 N–H and O–H groups in total. The van der Waals surface area contributed by atoms with Crippen LogP contribution in [0.1, 0.15) is 22.3 Å². The summed E-state index contributed by atoms with van der Waals surface area (Å²) in [6, 6.07) is 59.5. The van der Waals surface area contributed by atoms with Crippen LogP contribution in [-0.4, -0.2) is 0 Å². The molecule has 0 aliphatic rings. The van der Waals surface area contributed by atoms with Gasteiger partial charge in [0.25, 0.3) is 0 Å². The van der Waals surface area contributed by atoms with Crippen LogP contribution in [0.15, 0.2) is 164 Å². The minimum absolute atomic E-state index is 1.13. The minimum atomic E-state index is 1.13. The molecule has 0 aromatic heterocycles. The maximum absolute atomic E-state index is 2.35. The lowest BCUT2D eigenvalue weighted by molar-refractivity contribution is 1.27. The molecule has 0 saturated heterocycles. The molecule has 0 spiro atoms. The van der Waals surface area contributed by atoms with Crippen molar-refractivity contribution in [1.82, 2.24) is 0 Å². The quantitative estimate of drug-likeness (QED) is 0.135. The van der Waals surface area contributed by atoms with Crippen molar-refractivity contribution in [3.8, 4) is 11.1 Å². The van der Waals surface area contributed by atoms with Gasteiger partial charge in [0, 0.05) is 17.1 Å². The van der Waals surface area contributed by atoms with E-state index < -0.39 is 0 Å². The van der Waals surface area contributed by atoms with E-state index in [0.29, 0.717) is 0 Å². The smallest absolute Gasteiger partial charge is 0.0462 e. The Morgan fingerprint density at radius 3 is 1.17 bits per heavy atom. The molecular weight excluding hydrogens is 567 g/mol. The molecule has 1 heteroatoms. The van der Waals surface area contributed by atoms with Crippen LogP contribution < -0.4 is 4.90 Å². The first-order valence-electron chi connectivity index (χ1n) is 16.3. The Bertz CT molecular complexity index is 2300. The van der Waals surface area contributed by atoms with Crippen molar-refractivity contribution in [2.75, 3.05) is 4.90 Å². The van der Waals surface area contributed by atoms with Gasteiger partial charge in [-0.25, -0.2) is 0 Å². The first-order valence-corrected chi connectivity index (χ1v) is 16.3. The van der Waals surface area contributed by atoms with Crippen LogP contribution in [0.2, 0.25) is 0 Å². The van der Waals surface area contributed by atoms with E-state index in [-0.39, 0.29) is 0 Å². The van der Waals surface area contributed by atoms with Gasteiger partial charge in [0.1, 0.15) is 0 Å². The number of hydrogen-bond donors (Lipinski definition) is 0. The highest BCUT2D eigenvalue weighted by atomic mass is 15.1. The van der Waals surface area contributed by atoms with Gasteiger partial charge in [-0.3, -0.25) is 0 Å². The van der Waals surface area contributed by atoms with Crippen LogP contribution in [0.25, 0.3) is 55.6 Å². The third kappa shape index (κ3) is 5.58. The van der Waals surface area contributed by atoms with E-state index in [9.17, 15) is 0 Å². The van der Waals surface area contributed by atoms with E-state index in [1.807, 2.05) is 0 Å². The van der Waals surface area contributed by atoms with Crippen molar-refractivity contribution in [3.05, 3.63) is 186 Å². The van der Waals surface area contributed by atoms with Crippen LogP contribution >= 0.6 is 0 Å². The standard InChI is InChI=1S/C46H35N/c1-32-11-24-38(25-12-32)47(39-26-13-33(2)14-27-39)40-28-19-35(20-29-40)16-15-34-17-21-36(22-18-34)37-23-30-45-43-9-4-3-7-41(43)42-8-5-6-10-44(42)46(45)31-37/h3-31H,1-2H3. The molecule has 0 aliphatic heterocycles. The third-order valence-electron chi connectivity index (χ3n) is 9.19. The summed E-state index contributed by atoms with van der Waals surface area (Å²) in [4.78, 5) is 2.31. The summed E-state index contributed by atoms with van der Waals surface area (Å²) in [7, 11) is 0. The van der Waals surface area contributed by atoms with Gasteiger partial charge < -0.3 is 4.90 Å². The molecule has 0 unspecified atom stereocenters.